The summed E-state index contributed by atoms with van der Waals surface area (Å²) in [6, 6.07) is 18.3. The third-order valence-corrected chi connectivity index (χ3v) is 6.09. The molecule has 180 valence electrons. The number of carbonyl (C=O) groups is 2. The van der Waals surface area contributed by atoms with Crippen LogP contribution in [0.3, 0.4) is 0 Å². The number of nitrogens with two attached hydrogens (primary N) is 1. The zero-order chi connectivity index (χ0) is 25.1. The van der Waals surface area contributed by atoms with Crippen LogP contribution in [-0.4, -0.2) is 42.7 Å². The molecule has 6 nitrogen and oxygen atoms in total. The van der Waals surface area contributed by atoms with Gasteiger partial charge in [-0.1, -0.05) is 54.6 Å². The smallest absolute Gasteiger partial charge is 0.225 e. The van der Waals surface area contributed by atoms with E-state index in [1.165, 1.54) is 6.07 Å². The molecule has 3 aromatic carbocycles. The number of ketones is 1. The van der Waals surface area contributed by atoms with Gasteiger partial charge < -0.3 is 16.0 Å². The number of benzene rings is 3. The van der Waals surface area contributed by atoms with Crippen molar-refractivity contribution in [2.24, 2.45) is 10.7 Å². The molecule has 2 unspecified atom stereocenters. The van der Waals surface area contributed by atoms with Gasteiger partial charge in [0.2, 0.25) is 5.91 Å². The summed E-state index contributed by atoms with van der Waals surface area (Å²) in [5, 5.41) is 2.61. The van der Waals surface area contributed by atoms with Crippen molar-refractivity contribution in [3.8, 4) is 0 Å². The number of benzodiazepines with no additional fused rings is 1. The summed E-state index contributed by atoms with van der Waals surface area (Å²) >= 11 is 0. The van der Waals surface area contributed by atoms with Crippen molar-refractivity contribution in [1.82, 2.24) is 5.32 Å². The largest absolute Gasteiger partial charge is 0.356 e. The lowest BCUT2D eigenvalue weighted by Gasteiger charge is -2.30. The number of hydrogen-bond acceptors (Lipinski definition) is 5. The van der Waals surface area contributed by atoms with Crippen molar-refractivity contribution in [1.29, 1.82) is 0 Å². The van der Waals surface area contributed by atoms with Crippen LogP contribution >= 0.6 is 0 Å². The monoisotopic (exact) mass is 476 g/mol. The summed E-state index contributed by atoms with van der Waals surface area (Å²) in [4.78, 5) is 32.6. The second kappa shape index (κ2) is 10.1. The van der Waals surface area contributed by atoms with Gasteiger partial charge in [-0.2, -0.15) is 0 Å². The van der Waals surface area contributed by atoms with Crippen LogP contribution in [0, 0.1) is 11.6 Å². The Morgan fingerprint density at radius 2 is 1.74 bits per heavy atom. The fourth-order valence-electron chi connectivity index (χ4n) is 4.15. The van der Waals surface area contributed by atoms with Crippen molar-refractivity contribution in [3.63, 3.8) is 0 Å². The Labute approximate surface area is 202 Å². The number of nitrogens with zero attached hydrogens (tertiary/aromatic N) is 2. The highest BCUT2D eigenvalue weighted by Crippen LogP contribution is 2.29. The molecule has 0 bridgehead atoms. The third-order valence-electron chi connectivity index (χ3n) is 6.09. The fraction of sp³-hybridized carbons (Fsp3) is 0.222. The van der Waals surface area contributed by atoms with Gasteiger partial charge in [-0.05, 0) is 24.6 Å². The molecule has 0 fully saturated rings. The summed E-state index contributed by atoms with van der Waals surface area (Å²) in [6.45, 7) is 1.55. The zero-order valence-electron chi connectivity index (χ0n) is 19.4. The van der Waals surface area contributed by atoms with Gasteiger partial charge in [0, 0.05) is 29.9 Å². The zero-order valence-corrected chi connectivity index (χ0v) is 19.4. The van der Waals surface area contributed by atoms with E-state index < -0.39 is 35.8 Å². The molecule has 1 heterocycles. The normalized spacial score (nSPS) is 18.2. The first-order chi connectivity index (χ1) is 16.8. The Morgan fingerprint density at radius 3 is 2.46 bits per heavy atom. The molecule has 3 N–H and O–H groups in total. The minimum absolute atomic E-state index is 0.0364. The van der Waals surface area contributed by atoms with Crippen molar-refractivity contribution >= 4 is 23.1 Å². The summed E-state index contributed by atoms with van der Waals surface area (Å²) < 4.78 is 27.1. The van der Waals surface area contributed by atoms with Gasteiger partial charge in [0.25, 0.3) is 0 Å². The van der Waals surface area contributed by atoms with E-state index in [9.17, 15) is 18.4 Å². The maximum absolute atomic E-state index is 13.9. The molecule has 3 aromatic rings. The molecular formula is C27H26F2N4O2. The number of nitrogens with one attached hydrogen (secondary N) is 1. The van der Waals surface area contributed by atoms with Crippen molar-refractivity contribution < 1.29 is 18.4 Å². The molecule has 35 heavy (non-hydrogen) atoms. The van der Waals surface area contributed by atoms with Crippen LogP contribution in [0.2, 0.25) is 0 Å². The summed E-state index contributed by atoms with van der Waals surface area (Å²) in [7, 11) is 1.80. The number of Topliss-reactive ketones (excluding diaryl/α,β-unsaturated/α-hetero) is 1. The third kappa shape index (κ3) is 5.12. The number of fused-ring (bicyclic) bond motifs is 1. The predicted octanol–water partition coefficient (Wildman–Crippen LogP) is 3.22. The molecule has 3 atom stereocenters. The quantitative estimate of drug-likeness (QED) is 0.572. The van der Waals surface area contributed by atoms with Gasteiger partial charge in [-0.15, -0.1) is 0 Å². The van der Waals surface area contributed by atoms with E-state index in [2.05, 4.69) is 5.32 Å². The number of carbonyl (C=O) groups excluding carboxylic acids is 2. The molecule has 0 spiro atoms. The average Bonchev–Trinajstić information content (AvgIpc) is 2.96. The van der Waals surface area contributed by atoms with Crippen LogP contribution < -0.4 is 16.0 Å². The second-order valence-corrected chi connectivity index (χ2v) is 8.51. The van der Waals surface area contributed by atoms with Gasteiger partial charge in [0.15, 0.2) is 5.78 Å². The molecule has 0 aromatic heterocycles. The van der Waals surface area contributed by atoms with Crippen LogP contribution in [0.1, 0.15) is 23.6 Å². The van der Waals surface area contributed by atoms with Crippen molar-refractivity contribution in [2.75, 3.05) is 11.9 Å². The minimum Gasteiger partial charge on any atom is -0.356 e. The van der Waals surface area contributed by atoms with E-state index in [-0.39, 0.29) is 17.8 Å². The molecule has 0 saturated carbocycles. The van der Waals surface area contributed by atoms with Crippen LogP contribution in [0.15, 0.2) is 77.8 Å². The van der Waals surface area contributed by atoms with E-state index in [4.69, 9.17) is 10.7 Å². The number of halogens is 2. The van der Waals surface area contributed by atoms with Gasteiger partial charge in [-0.3, -0.25) is 14.6 Å². The van der Waals surface area contributed by atoms with Crippen LogP contribution in [-0.2, 0) is 16.0 Å². The number of aliphatic imine (C=N–C) groups is 1. The number of likely N-dealkylation sites (N-methyl/N-ethyl adjacent to an activating group) is 1. The highest BCUT2D eigenvalue weighted by molar-refractivity contribution is 6.17. The van der Waals surface area contributed by atoms with Gasteiger partial charge in [0.1, 0.15) is 23.8 Å². The first kappa shape index (κ1) is 24.2. The predicted molar refractivity (Wildman–Crippen MR) is 131 cm³/mol. The van der Waals surface area contributed by atoms with E-state index in [0.717, 1.165) is 28.9 Å². The Hall–Kier alpha value is -3.91. The number of para-hydroxylation sites is 1. The van der Waals surface area contributed by atoms with E-state index in [0.29, 0.717) is 5.71 Å². The van der Waals surface area contributed by atoms with Crippen molar-refractivity contribution in [3.05, 3.63) is 101 Å². The van der Waals surface area contributed by atoms with E-state index in [1.54, 1.807) is 18.9 Å². The molecule has 1 aliphatic heterocycles. The highest BCUT2D eigenvalue weighted by atomic mass is 19.1. The summed E-state index contributed by atoms with van der Waals surface area (Å²) in [5.74, 6) is -2.49. The Balaban J connectivity index is 1.61. The lowest BCUT2D eigenvalue weighted by molar-refractivity contribution is -0.128. The first-order valence-corrected chi connectivity index (χ1v) is 11.2. The molecule has 1 amide bonds. The highest BCUT2D eigenvalue weighted by Gasteiger charge is 2.36. The summed E-state index contributed by atoms with van der Waals surface area (Å²) in [6.07, 6.45) is -1.11. The lowest BCUT2D eigenvalue weighted by atomic mass is 10.00. The molecule has 1 aliphatic rings. The van der Waals surface area contributed by atoms with E-state index >= 15 is 0 Å². The first-order valence-electron chi connectivity index (χ1n) is 11.2. The number of rotatable bonds is 6. The Bertz CT molecular complexity index is 1280. The Kier molecular flexibility index (Phi) is 7.02. The number of amides is 1. The standard InChI is InChI=1S/C27H26F2N4O2/c1-16(31-23(34)14-18-12-13-19(28)15-21(18)29)26(35)25-27(30)33(2)22-11-7-6-10-20(22)24(32-25)17-8-4-3-5-9-17/h3-13,15-16,25,27H,14,30H2,1-2H3,(H,31,34)/t16?,25?,27-/m0/s1. The van der Waals surface area contributed by atoms with Crippen LogP contribution in [0.4, 0.5) is 14.5 Å². The molecule has 0 aliphatic carbocycles. The second-order valence-electron chi connectivity index (χ2n) is 8.51. The van der Waals surface area contributed by atoms with Gasteiger partial charge in [0.05, 0.1) is 18.2 Å². The van der Waals surface area contributed by atoms with E-state index in [1.807, 2.05) is 54.6 Å². The maximum Gasteiger partial charge on any atom is 0.225 e. The van der Waals surface area contributed by atoms with Gasteiger partial charge >= 0.3 is 0 Å². The Morgan fingerprint density at radius 1 is 1.06 bits per heavy atom. The molecule has 8 heteroatoms. The van der Waals surface area contributed by atoms with Gasteiger partial charge in [-0.25, -0.2) is 8.78 Å². The van der Waals surface area contributed by atoms with Crippen LogP contribution in [0.25, 0.3) is 0 Å². The topological polar surface area (TPSA) is 87.8 Å². The molecule has 0 radical (unpaired) electrons. The SMILES string of the molecule is CC(NC(=O)Cc1ccc(F)cc1F)C(=O)C1N=C(c2ccccc2)c2ccccc2N(C)[C@@H]1N. The molecule has 4 rings (SSSR count). The maximum atomic E-state index is 13.9. The fourth-order valence-corrected chi connectivity index (χ4v) is 4.15. The minimum atomic E-state index is -0.972. The summed E-state index contributed by atoms with van der Waals surface area (Å²) in [5.41, 5.74) is 9.69. The van der Waals surface area contributed by atoms with Crippen molar-refractivity contribution in [2.45, 2.75) is 31.6 Å². The lowest BCUT2D eigenvalue weighted by Crippen LogP contribution is -2.55. The number of hydrogen-bond donors (Lipinski definition) is 2. The number of anilines is 1. The molecule has 0 saturated heterocycles. The average molecular weight is 477 g/mol. The van der Waals surface area contributed by atoms with Crippen LogP contribution in [0.5, 0.6) is 0 Å². The molecular weight excluding hydrogens is 450 g/mol.